The normalized spacial score (nSPS) is 14.2. The van der Waals surface area contributed by atoms with Gasteiger partial charge in [-0.05, 0) is 47.4 Å². The Morgan fingerprint density at radius 2 is 2.12 bits per heavy atom. The predicted molar refractivity (Wildman–Crippen MR) is 86.4 cm³/mol. The van der Waals surface area contributed by atoms with Crippen molar-refractivity contribution < 1.29 is 4.39 Å². The first-order chi connectivity index (χ1) is 11.6. The van der Waals surface area contributed by atoms with Gasteiger partial charge in [0, 0.05) is 17.1 Å². The van der Waals surface area contributed by atoms with E-state index in [9.17, 15) is 9.18 Å². The fourth-order valence-electron chi connectivity index (χ4n) is 2.36. The van der Waals surface area contributed by atoms with E-state index in [1.54, 1.807) is 10.7 Å². The van der Waals surface area contributed by atoms with Crippen molar-refractivity contribution in [2.24, 2.45) is 5.92 Å². The number of hydrogen-bond donors (Lipinski definition) is 0. The molecule has 0 radical (unpaired) electrons. The molecule has 0 unspecified atom stereocenters. The van der Waals surface area contributed by atoms with Crippen molar-refractivity contribution in [2.75, 3.05) is 0 Å². The van der Waals surface area contributed by atoms with Crippen LogP contribution < -0.4 is 4.87 Å². The van der Waals surface area contributed by atoms with Gasteiger partial charge in [-0.3, -0.25) is 4.79 Å². The molecule has 0 saturated heterocycles. The van der Waals surface area contributed by atoms with Crippen LogP contribution in [-0.4, -0.2) is 30.0 Å². The second kappa shape index (κ2) is 6.06. The average molecular weight is 367 g/mol. The van der Waals surface area contributed by atoms with E-state index in [0.29, 0.717) is 22.3 Å². The number of benzene rings is 1. The van der Waals surface area contributed by atoms with Crippen molar-refractivity contribution in [1.29, 1.82) is 0 Å². The molecule has 24 heavy (non-hydrogen) atoms. The van der Waals surface area contributed by atoms with Gasteiger partial charge in [0.25, 0.3) is 0 Å². The number of rotatable bonds is 5. The molecular formula is C14H12ClFN6OS. The molecule has 2 heterocycles. The monoisotopic (exact) mass is 366 g/mol. The summed E-state index contributed by atoms with van der Waals surface area (Å²) >= 11 is 6.79. The molecule has 124 valence electrons. The molecule has 0 amide bonds. The van der Waals surface area contributed by atoms with Crippen molar-refractivity contribution in [1.82, 2.24) is 30.0 Å². The van der Waals surface area contributed by atoms with Gasteiger partial charge in [0.15, 0.2) is 5.82 Å². The fraction of sp³-hybridized carbons (Fsp3) is 0.357. The molecule has 1 aliphatic carbocycles. The standard InChI is InChI=1S/C14H12ClFN6OS/c15-10-3-9(4-11(16)5-10)13-18-22(14(23)24-13)7-12-17-19-20-21(12)6-8-1-2-8/h3-5,8H,1-2,6-7H2. The summed E-state index contributed by atoms with van der Waals surface area (Å²) in [6.45, 7) is 0.936. The van der Waals surface area contributed by atoms with Gasteiger partial charge in [-0.15, -0.1) is 5.10 Å². The Balaban J connectivity index is 1.62. The molecule has 7 nitrogen and oxygen atoms in total. The molecule has 0 spiro atoms. The van der Waals surface area contributed by atoms with Crippen LogP contribution in [0.3, 0.4) is 0 Å². The van der Waals surface area contributed by atoms with E-state index in [0.717, 1.165) is 17.9 Å². The van der Waals surface area contributed by atoms with Crippen LogP contribution in [0.2, 0.25) is 5.02 Å². The van der Waals surface area contributed by atoms with E-state index in [-0.39, 0.29) is 16.4 Å². The van der Waals surface area contributed by atoms with Crippen LogP contribution in [0, 0.1) is 11.7 Å². The van der Waals surface area contributed by atoms with Crippen LogP contribution >= 0.6 is 22.9 Å². The van der Waals surface area contributed by atoms with Crippen molar-refractivity contribution in [3.63, 3.8) is 0 Å². The molecule has 0 aliphatic heterocycles. The van der Waals surface area contributed by atoms with E-state index in [2.05, 4.69) is 20.6 Å². The topological polar surface area (TPSA) is 78.5 Å². The van der Waals surface area contributed by atoms with E-state index >= 15 is 0 Å². The maximum atomic E-state index is 13.5. The highest BCUT2D eigenvalue weighted by Gasteiger charge is 2.24. The van der Waals surface area contributed by atoms with Crippen LogP contribution in [0.5, 0.6) is 0 Å². The highest BCUT2D eigenvalue weighted by Crippen LogP contribution is 2.30. The summed E-state index contributed by atoms with van der Waals surface area (Å²) in [7, 11) is 0. The fourth-order valence-corrected chi connectivity index (χ4v) is 3.33. The zero-order chi connectivity index (χ0) is 16.7. The lowest BCUT2D eigenvalue weighted by Gasteiger charge is -2.02. The SMILES string of the molecule is O=c1sc(-c2cc(F)cc(Cl)c2)nn1Cc1nnnn1CC1CC1. The second-order valence-corrected chi connectivity index (χ2v) is 7.09. The Bertz CT molecular complexity index is 927. The lowest BCUT2D eigenvalue weighted by atomic mass is 10.2. The second-order valence-electron chi connectivity index (χ2n) is 5.71. The van der Waals surface area contributed by atoms with E-state index < -0.39 is 5.82 Å². The van der Waals surface area contributed by atoms with Gasteiger partial charge in [0.05, 0.1) is 0 Å². The van der Waals surface area contributed by atoms with Gasteiger partial charge in [-0.25, -0.2) is 13.8 Å². The van der Waals surface area contributed by atoms with Crippen LogP contribution in [0.25, 0.3) is 10.6 Å². The molecule has 0 bridgehead atoms. The number of halogens is 2. The van der Waals surface area contributed by atoms with Crippen molar-refractivity contribution in [3.8, 4) is 10.6 Å². The van der Waals surface area contributed by atoms with Gasteiger partial charge < -0.3 is 0 Å². The first-order valence-corrected chi connectivity index (χ1v) is 8.57. The lowest BCUT2D eigenvalue weighted by molar-refractivity contribution is 0.504. The van der Waals surface area contributed by atoms with Crippen LogP contribution in [0.1, 0.15) is 18.7 Å². The molecule has 4 rings (SSSR count). The first-order valence-electron chi connectivity index (χ1n) is 7.38. The number of aromatic nitrogens is 6. The highest BCUT2D eigenvalue weighted by molar-refractivity contribution is 7.12. The van der Waals surface area contributed by atoms with Crippen LogP contribution in [0.15, 0.2) is 23.0 Å². The van der Waals surface area contributed by atoms with Crippen molar-refractivity contribution in [3.05, 3.63) is 44.5 Å². The summed E-state index contributed by atoms with van der Waals surface area (Å²) < 4.78 is 16.5. The highest BCUT2D eigenvalue weighted by atomic mass is 35.5. The maximum absolute atomic E-state index is 13.5. The molecule has 10 heteroatoms. The largest absolute Gasteiger partial charge is 0.325 e. The quantitative estimate of drug-likeness (QED) is 0.691. The minimum Gasteiger partial charge on any atom is -0.255 e. The Hall–Kier alpha value is -2.13. The van der Waals surface area contributed by atoms with Crippen molar-refractivity contribution in [2.45, 2.75) is 25.9 Å². The molecule has 3 aromatic rings. The van der Waals surface area contributed by atoms with Crippen LogP contribution in [0.4, 0.5) is 4.39 Å². The van der Waals surface area contributed by atoms with E-state index in [1.165, 1.54) is 29.7 Å². The summed E-state index contributed by atoms with van der Waals surface area (Å²) in [5, 5.41) is 16.5. The van der Waals surface area contributed by atoms with E-state index in [1.807, 2.05) is 0 Å². The number of tetrazole rings is 1. The minimum absolute atomic E-state index is 0.179. The smallest absolute Gasteiger partial charge is 0.255 e. The molecule has 0 atom stereocenters. The summed E-state index contributed by atoms with van der Waals surface area (Å²) in [6.07, 6.45) is 2.36. The molecule has 1 fully saturated rings. The molecule has 0 N–H and O–H groups in total. The molecule has 1 aromatic carbocycles. The summed E-state index contributed by atoms with van der Waals surface area (Å²) in [6, 6.07) is 4.08. The Labute approximate surface area is 144 Å². The minimum atomic E-state index is -0.472. The van der Waals surface area contributed by atoms with Gasteiger partial charge in [-0.1, -0.05) is 22.9 Å². The van der Waals surface area contributed by atoms with Gasteiger partial charge in [0.2, 0.25) is 0 Å². The van der Waals surface area contributed by atoms with Gasteiger partial charge in [0.1, 0.15) is 17.4 Å². The summed E-state index contributed by atoms with van der Waals surface area (Å²) in [4.78, 5) is 11.9. The summed E-state index contributed by atoms with van der Waals surface area (Å²) in [5.74, 6) is 0.725. The van der Waals surface area contributed by atoms with Gasteiger partial charge >= 0.3 is 4.87 Å². The Morgan fingerprint density at radius 1 is 1.29 bits per heavy atom. The molecule has 1 saturated carbocycles. The predicted octanol–water partition coefficient (Wildman–Crippen LogP) is 2.21. The Kier molecular flexibility index (Phi) is 3.89. The number of nitrogens with zero attached hydrogens (tertiary/aromatic N) is 6. The van der Waals surface area contributed by atoms with Gasteiger partial charge in [-0.2, -0.15) is 5.10 Å². The summed E-state index contributed by atoms with van der Waals surface area (Å²) in [5.41, 5.74) is 0.471. The zero-order valence-corrected chi connectivity index (χ0v) is 14.0. The third-order valence-electron chi connectivity index (χ3n) is 3.74. The Morgan fingerprint density at radius 3 is 2.88 bits per heavy atom. The van der Waals surface area contributed by atoms with E-state index in [4.69, 9.17) is 11.6 Å². The van der Waals surface area contributed by atoms with Crippen molar-refractivity contribution >= 4 is 22.9 Å². The third kappa shape index (κ3) is 3.22. The average Bonchev–Trinajstić information content (AvgIpc) is 3.11. The maximum Gasteiger partial charge on any atom is 0.325 e. The first kappa shape index (κ1) is 15.4. The molecular weight excluding hydrogens is 355 g/mol. The number of hydrogen-bond acceptors (Lipinski definition) is 6. The molecule has 2 aromatic heterocycles. The third-order valence-corrected chi connectivity index (χ3v) is 4.86. The van der Waals surface area contributed by atoms with Crippen LogP contribution in [-0.2, 0) is 13.1 Å². The lowest BCUT2D eigenvalue weighted by Crippen LogP contribution is -2.19. The molecule has 1 aliphatic rings. The zero-order valence-electron chi connectivity index (χ0n) is 12.4.